The molecule has 1 saturated heterocycles. The second kappa shape index (κ2) is 2.90. The molecule has 1 unspecified atom stereocenters. The van der Waals surface area contributed by atoms with Crippen LogP contribution in [-0.2, 0) is 11.3 Å². The third-order valence-corrected chi connectivity index (χ3v) is 2.44. The molecule has 3 rings (SSSR count). The minimum atomic E-state index is 0.307. The molecule has 5 nitrogen and oxygen atoms in total. The summed E-state index contributed by atoms with van der Waals surface area (Å²) in [6, 6.07) is 0. The summed E-state index contributed by atoms with van der Waals surface area (Å²) in [6.07, 6.45) is 3.46. The van der Waals surface area contributed by atoms with Gasteiger partial charge in [0, 0.05) is 0 Å². The molecule has 1 fully saturated rings. The summed E-state index contributed by atoms with van der Waals surface area (Å²) in [5.41, 5.74) is 1.41. The standard InChI is InChI=1S/C8H7ClN4O/c9-7-6-8(11-3-10-7)13(4-12-6)1-5-2-14-5/h3-5H,1-2H2. The van der Waals surface area contributed by atoms with Gasteiger partial charge in [-0.2, -0.15) is 0 Å². The number of nitrogens with zero attached hydrogens (tertiary/aromatic N) is 4. The lowest BCUT2D eigenvalue weighted by atomic mass is 10.4. The fraction of sp³-hybridized carbons (Fsp3) is 0.375. The molecule has 0 saturated carbocycles. The molecular formula is C8H7ClN4O. The Morgan fingerprint density at radius 1 is 1.50 bits per heavy atom. The van der Waals surface area contributed by atoms with Crippen molar-refractivity contribution in [2.75, 3.05) is 6.61 Å². The summed E-state index contributed by atoms with van der Waals surface area (Å²) in [7, 11) is 0. The average Bonchev–Trinajstić information content (AvgIpc) is 2.88. The Bertz CT molecular complexity index is 479. The van der Waals surface area contributed by atoms with Crippen LogP contribution in [0.3, 0.4) is 0 Å². The lowest BCUT2D eigenvalue weighted by molar-refractivity contribution is 0.384. The molecule has 0 radical (unpaired) electrons. The average molecular weight is 211 g/mol. The number of aromatic nitrogens is 4. The van der Waals surface area contributed by atoms with Crippen LogP contribution in [0.15, 0.2) is 12.7 Å². The number of rotatable bonds is 2. The molecule has 0 amide bonds. The van der Waals surface area contributed by atoms with Crippen molar-refractivity contribution in [3.63, 3.8) is 0 Å². The van der Waals surface area contributed by atoms with Crippen molar-refractivity contribution in [2.45, 2.75) is 12.6 Å². The number of fused-ring (bicyclic) bond motifs is 1. The Kier molecular flexibility index (Phi) is 1.68. The van der Waals surface area contributed by atoms with E-state index in [9.17, 15) is 0 Å². The monoisotopic (exact) mass is 210 g/mol. The first-order valence-electron chi connectivity index (χ1n) is 4.27. The molecule has 1 aliphatic rings. The van der Waals surface area contributed by atoms with E-state index >= 15 is 0 Å². The van der Waals surface area contributed by atoms with Crippen LogP contribution < -0.4 is 0 Å². The molecule has 14 heavy (non-hydrogen) atoms. The summed E-state index contributed by atoms with van der Waals surface area (Å²) < 4.78 is 7.07. The van der Waals surface area contributed by atoms with E-state index in [1.54, 1.807) is 6.33 Å². The fourth-order valence-electron chi connectivity index (χ4n) is 1.38. The van der Waals surface area contributed by atoms with Gasteiger partial charge < -0.3 is 9.30 Å². The first-order valence-corrected chi connectivity index (χ1v) is 4.65. The lowest BCUT2D eigenvalue weighted by Crippen LogP contribution is -2.03. The molecule has 2 aromatic rings. The number of ether oxygens (including phenoxy) is 1. The Morgan fingerprint density at radius 3 is 3.14 bits per heavy atom. The van der Waals surface area contributed by atoms with Gasteiger partial charge in [0.1, 0.15) is 11.8 Å². The number of imidazole rings is 1. The topological polar surface area (TPSA) is 56.1 Å². The highest BCUT2D eigenvalue weighted by atomic mass is 35.5. The van der Waals surface area contributed by atoms with Crippen molar-refractivity contribution in [2.24, 2.45) is 0 Å². The van der Waals surface area contributed by atoms with E-state index in [1.165, 1.54) is 6.33 Å². The Labute approximate surface area is 84.7 Å². The minimum Gasteiger partial charge on any atom is -0.371 e. The molecule has 0 aliphatic carbocycles. The fourth-order valence-corrected chi connectivity index (χ4v) is 1.56. The minimum absolute atomic E-state index is 0.307. The highest BCUT2D eigenvalue weighted by molar-refractivity contribution is 6.33. The van der Waals surface area contributed by atoms with Crippen molar-refractivity contribution in [3.8, 4) is 0 Å². The van der Waals surface area contributed by atoms with E-state index in [-0.39, 0.29) is 0 Å². The van der Waals surface area contributed by atoms with E-state index in [2.05, 4.69) is 15.0 Å². The highest BCUT2D eigenvalue weighted by Crippen LogP contribution is 2.19. The second-order valence-corrected chi connectivity index (χ2v) is 3.55. The normalized spacial score (nSPS) is 20.2. The van der Waals surface area contributed by atoms with Crippen molar-refractivity contribution in [1.29, 1.82) is 0 Å². The van der Waals surface area contributed by atoms with Gasteiger partial charge in [-0.15, -0.1) is 0 Å². The van der Waals surface area contributed by atoms with Crippen molar-refractivity contribution >= 4 is 22.8 Å². The summed E-state index contributed by atoms with van der Waals surface area (Å²) >= 11 is 5.86. The van der Waals surface area contributed by atoms with Crippen LogP contribution in [0.25, 0.3) is 11.2 Å². The van der Waals surface area contributed by atoms with E-state index in [1.807, 2.05) is 4.57 Å². The molecule has 1 atom stereocenters. The Hall–Kier alpha value is -1.20. The molecule has 0 aromatic carbocycles. The number of halogens is 1. The van der Waals surface area contributed by atoms with Gasteiger partial charge in [0.2, 0.25) is 0 Å². The van der Waals surface area contributed by atoms with Crippen LogP contribution >= 0.6 is 11.6 Å². The Morgan fingerprint density at radius 2 is 2.36 bits per heavy atom. The first kappa shape index (κ1) is 8.14. The number of hydrogen-bond donors (Lipinski definition) is 0. The lowest BCUT2D eigenvalue weighted by Gasteiger charge is -1.98. The number of hydrogen-bond acceptors (Lipinski definition) is 4. The van der Waals surface area contributed by atoms with E-state index in [0.29, 0.717) is 16.8 Å². The molecule has 0 N–H and O–H groups in total. The maximum Gasteiger partial charge on any atom is 0.164 e. The predicted octanol–water partition coefficient (Wildman–Crippen LogP) is 0.879. The van der Waals surface area contributed by atoms with Crippen LogP contribution in [0, 0.1) is 0 Å². The molecule has 0 spiro atoms. The van der Waals surface area contributed by atoms with Crippen molar-refractivity contribution < 1.29 is 4.74 Å². The van der Waals surface area contributed by atoms with Gasteiger partial charge in [-0.25, -0.2) is 15.0 Å². The number of epoxide rings is 1. The molecule has 1 aliphatic heterocycles. The highest BCUT2D eigenvalue weighted by Gasteiger charge is 2.24. The zero-order valence-electron chi connectivity index (χ0n) is 7.22. The van der Waals surface area contributed by atoms with E-state index in [4.69, 9.17) is 16.3 Å². The van der Waals surface area contributed by atoms with Gasteiger partial charge in [0.05, 0.1) is 25.6 Å². The van der Waals surface area contributed by atoms with E-state index < -0.39 is 0 Å². The third-order valence-electron chi connectivity index (χ3n) is 2.16. The van der Waals surface area contributed by atoms with E-state index in [0.717, 1.165) is 18.8 Å². The van der Waals surface area contributed by atoms with Gasteiger partial charge in [-0.3, -0.25) is 0 Å². The molecule has 3 heterocycles. The van der Waals surface area contributed by atoms with Crippen molar-refractivity contribution in [1.82, 2.24) is 19.5 Å². The SMILES string of the molecule is Clc1ncnc2c1ncn2CC1CO1. The van der Waals surface area contributed by atoms with Crippen LogP contribution in [-0.4, -0.2) is 32.2 Å². The smallest absolute Gasteiger partial charge is 0.164 e. The van der Waals surface area contributed by atoms with Gasteiger partial charge in [0.15, 0.2) is 10.8 Å². The molecular weight excluding hydrogens is 204 g/mol. The Balaban J connectivity index is 2.10. The maximum atomic E-state index is 5.86. The van der Waals surface area contributed by atoms with Gasteiger partial charge in [-0.1, -0.05) is 11.6 Å². The van der Waals surface area contributed by atoms with Crippen LogP contribution in [0.4, 0.5) is 0 Å². The van der Waals surface area contributed by atoms with Gasteiger partial charge in [-0.05, 0) is 0 Å². The van der Waals surface area contributed by atoms with Gasteiger partial charge >= 0.3 is 0 Å². The molecule has 6 heteroatoms. The zero-order valence-corrected chi connectivity index (χ0v) is 7.98. The molecule has 72 valence electrons. The molecule has 0 bridgehead atoms. The zero-order chi connectivity index (χ0) is 9.54. The van der Waals surface area contributed by atoms with Crippen LogP contribution in [0.1, 0.15) is 0 Å². The quantitative estimate of drug-likeness (QED) is 0.546. The first-order chi connectivity index (χ1) is 6.84. The second-order valence-electron chi connectivity index (χ2n) is 3.19. The summed E-state index contributed by atoms with van der Waals surface area (Å²) in [5, 5.41) is 0.394. The van der Waals surface area contributed by atoms with Crippen molar-refractivity contribution in [3.05, 3.63) is 17.8 Å². The van der Waals surface area contributed by atoms with Crippen LogP contribution in [0.5, 0.6) is 0 Å². The summed E-state index contributed by atoms with van der Waals surface area (Å²) in [6.45, 7) is 1.60. The third kappa shape index (κ3) is 1.25. The van der Waals surface area contributed by atoms with Crippen LogP contribution in [0.2, 0.25) is 5.15 Å². The molecule has 2 aromatic heterocycles. The maximum absolute atomic E-state index is 5.86. The summed E-state index contributed by atoms with van der Waals surface area (Å²) in [5.74, 6) is 0. The summed E-state index contributed by atoms with van der Waals surface area (Å²) in [4.78, 5) is 12.1. The predicted molar refractivity (Wildman–Crippen MR) is 50.1 cm³/mol. The van der Waals surface area contributed by atoms with Gasteiger partial charge in [0.25, 0.3) is 0 Å². The largest absolute Gasteiger partial charge is 0.371 e.